The molecule has 0 saturated heterocycles. The van der Waals surface area contributed by atoms with Crippen molar-refractivity contribution in [2.75, 3.05) is 18.2 Å². The van der Waals surface area contributed by atoms with Gasteiger partial charge in [0.15, 0.2) is 5.16 Å². The van der Waals surface area contributed by atoms with Crippen LogP contribution < -0.4 is 10.1 Å². The predicted molar refractivity (Wildman–Crippen MR) is 103 cm³/mol. The van der Waals surface area contributed by atoms with Crippen LogP contribution in [0.15, 0.2) is 53.9 Å². The molecule has 0 spiro atoms. The Morgan fingerprint density at radius 3 is 2.96 bits per heavy atom. The molecule has 0 aliphatic heterocycles. The maximum atomic E-state index is 12.3. The number of benzene rings is 2. The largest absolute Gasteiger partial charge is 0.495 e. The Hall–Kier alpha value is -3.02. The second kappa shape index (κ2) is 8.58. The molecule has 9 heteroatoms. The highest BCUT2D eigenvalue weighted by molar-refractivity contribution is 7.99. The zero-order chi connectivity index (χ0) is 19.2. The smallest absolute Gasteiger partial charge is 0.234 e. The van der Waals surface area contributed by atoms with Gasteiger partial charge >= 0.3 is 0 Å². The molecule has 0 aliphatic carbocycles. The zero-order valence-electron chi connectivity index (χ0n) is 14.2. The number of rotatable bonds is 6. The van der Waals surface area contributed by atoms with Gasteiger partial charge in [-0.3, -0.25) is 9.36 Å². The third-order valence-electron chi connectivity index (χ3n) is 3.57. The molecule has 0 aliphatic rings. The first-order valence-corrected chi connectivity index (χ1v) is 9.14. The summed E-state index contributed by atoms with van der Waals surface area (Å²) in [6, 6.07) is 14.2. The number of hydrogen-bond acceptors (Lipinski definition) is 6. The van der Waals surface area contributed by atoms with E-state index in [1.165, 1.54) is 11.8 Å². The van der Waals surface area contributed by atoms with Gasteiger partial charge in [0.2, 0.25) is 5.91 Å². The van der Waals surface area contributed by atoms with E-state index in [2.05, 4.69) is 15.5 Å². The normalized spacial score (nSPS) is 10.3. The van der Waals surface area contributed by atoms with E-state index in [-0.39, 0.29) is 11.7 Å². The van der Waals surface area contributed by atoms with E-state index < -0.39 is 0 Å². The number of amides is 1. The first-order chi connectivity index (χ1) is 13.1. The summed E-state index contributed by atoms with van der Waals surface area (Å²) in [6.45, 7) is 0. The summed E-state index contributed by atoms with van der Waals surface area (Å²) in [7, 11) is 1.58. The van der Waals surface area contributed by atoms with Crippen molar-refractivity contribution < 1.29 is 9.53 Å². The number of thioether (sulfide) groups is 1. The minimum Gasteiger partial charge on any atom is -0.495 e. The number of carbonyl (C=O) groups excluding carboxylic acids is 1. The average molecular weight is 400 g/mol. The molecule has 0 radical (unpaired) electrons. The van der Waals surface area contributed by atoms with Crippen LogP contribution in [0.25, 0.3) is 5.69 Å². The number of para-hydroxylation sites is 2. The van der Waals surface area contributed by atoms with E-state index in [4.69, 9.17) is 21.6 Å². The van der Waals surface area contributed by atoms with E-state index in [0.29, 0.717) is 27.2 Å². The van der Waals surface area contributed by atoms with E-state index in [0.717, 1.165) is 5.69 Å². The Bertz CT molecular complexity index is 1010. The second-order valence-corrected chi connectivity index (χ2v) is 6.67. The number of nitrogens with one attached hydrogen (secondary N) is 1. The summed E-state index contributed by atoms with van der Waals surface area (Å²) < 4.78 is 7.10. The van der Waals surface area contributed by atoms with E-state index in [9.17, 15) is 4.79 Å². The monoisotopic (exact) mass is 399 g/mol. The van der Waals surface area contributed by atoms with Crippen LogP contribution in [0.1, 0.15) is 5.56 Å². The number of aromatic nitrogens is 3. The molecule has 1 heterocycles. The van der Waals surface area contributed by atoms with Gasteiger partial charge in [0.25, 0.3) is 0 Å². The summed E-state index contributed by atoms with van der Waals surface area (Å²) in [6.07, 6.45) is 1.56. The summed E-state index contributed by atoms with van der Waals surface area (Å²) in [5.74, 6) is 0.472. The highest BCUT2D eigenvalue weighted by Gasteiger charge is 2.14. The summed E-state index contributed by atoms with van der Waals surface area (Å²) in [4.78, 5) is 12.3. The molecule has 1 aromatic heterocycles. The Kier molecular flexibility index (Phi) is 5.96. The summed E-state index contributed by atoms with van der Waals surface area (Å²) in [5, 5.41) is 20.8. The minimum absolute atomic E-state index is 0.0885. The van der Waals surface area contributed by atoms with Crippen molar-refractivity contribution in [1.82, 2.24) is 14.8 Å². The van der Waals surface area contributed by atoms with Gasteiger partial charge in [-0.2, -0.15) is 5.26 Å². The second-order valence-electron chi connectivity index (χ2n) is 5.29. The van der Waals surface area contributed by atoms with E-state index in [1.807, 2.05) is 30.3 Å². The first-order valence-electron chi connectivity index (χ1n) is 7.78. The molecule has 27 heavy (non-hydrogen) atoms. The molecule has 2 aromatic carbocycles. The minimum atomic E-state index is -0.284. The van der Waals surface area contributed by atoms with Crippen molar-refractivity contribution in [3.63, 3.8) is 0 Å². The molecular weight excluding hydrogens is 386 g/mol. The van der Waals surface area contributed by atoms with Crippen LogP contribution in [0.4, 0.5) is 5.69 Å². The van der Waals surface area contributed by atoms with Crippen molar-refractivity contribution in [2.24, 2.45) is 0 Å². The number of methoxy groups -OCH3 is 1. The number of carbonyl (C=O) groups is 1. The van der Waals surface area contributed by atoms with Gasteiger partial charge in [-0.05, 0) is 30.3 Å². The van der Waals surface area contributed by atoms with Crippen LogP contribution >= 0.6 is 23.4 Å². The molecule has 0 fully saturated rings. The predicted octanol–water partition coefficient (Wildman–Crippen LogP) is 3.53. The van der Waals surface area contributed by atoms with Gasteiger partial charge in [-0.15, -0.1) is 10.2 Å². The van der Waals surface area contributed by atoms with Crippen LogP contribution in [-0.4, -0.2) is 33.5 Å². The van der Waals surface area contributed by atoms with Gasteiger partial charge < -0.3 is 10.1 Å². The molecule has 1 N–H and O–H groups in total. The van der Waals surface area contributed by atoms with E-state index in [1.54, 1.807) is 36.2 Å². The zero-order valence-corrected chi connectivity index (χ0v) is 15.8. The highest BCUT2D eigenvalue weighted by atomic mass is 35.5. The van der Waals surface area contributed by atoms with Crippen molar-refractivity contribution in [3.05, 3.63) is 59.4 Å². The number of ether oxygens (including phenoxy) is 1. The lowest BCUT2D eigenvalue weighted by atomic mass is 10.2. The number of nitrogens with zero attached hydrogens (tertiary/aromatic N) is 4. The average Bonchev–Trinajstić information content (AvgIpc) is 3.15. The number of halogens is 1. The van der Waals surface area contributed by atoms with Crippen LogP contribution in [0.2, 0.25) is 5.02 Å². The molecular formula is C18H14ClN5O2S. The quantitative estimate of drug-likeness (QED) is 0.637. The lowest BCUT2D eigenvalue weighted by molar-refractivity contribution is -0.113. The van der Waals surface area contributed by atoms with Crippen molar-refractivity contribution >= 4 is 35.0 Å². The first kappa shape index (κ1) is 18.8. The molecule has 3 rings (SSSR count). The van der Waals surface area contributed by atoms with Gasteiger partial charge in [0.1, 0.15) is 18.1 Å². The molecule has 0 saturated carbocycles. The van der Waals surface area contributed by atoms with Gasteiger partial charge in [0.05, 0.1) is 29.8 Å². The number of nitriles is 1. The highest BCUT2D eigenvalue weighted by Crippen LogP contribution is 2.27. The maximum absolute atomic E-state index is 12.3. The topological polar surface area (TPSA) is 92.8 Å². The number of hydrogen-bond donors (Lipinski definition) is 1. The van der Waals surface area contributed by atoms with Crippen LogP contribution in [0.5, 0.6) is 5.75 Å². The van der Waals surface area contributed by atoms with Gasteiger partial charge in [0, 0.05) is 5.02 Å². The summed E-state index contributed by atoms with van der Waals surface area (Å²) in [5.41, 5.74) is 1.49. The van der Waals surface area contributed by atoms with Crippen molar-refractivity contribution in [3.8, 4) is 17.5 Å². The molecule has 0 unspecified atom stereocenters. The lowest BCUT2D eigenvalue weighted by Gasteiger charge is -2.11. The molecule has 0 bridgehead atoms. The van der Waals surface area contributed by atoms with Crippen LogP contribution in [-0.2, 0) is 4.79 Å². The Morgan fingerprint density at radius 2 is 2.19 bits per heavy atom. The van der Waals surface area contributed by atoms with Gasteiger partial charge in [-0.1, -0.05) is 35.5 Å². The Balaban J connectivity index is 1.72. The standard InChI is InChI=1S/C18H14ClN5O2S/c1-26-16-5-3-2-4-15(16)24-11-21-23-18(24)27-10-17(25)22-14-8-13(19)7-6-12(14)9-20/h2-8,11H,10H2,1H3,(H,22,25). The Labute approximate surface area is 164 Å². The third kappa shape index (κ3) is 4.39. The van der Waals surface area contributed by atoms with Crippen molar-refractivity contribution in [2.45, 2.75) is 5.16 Å². The fourth-order valence-corrected chi connectivity index (χ4v) is 3.24. The maximum Gasteiger partial charge on any atom is 0.234 e. The van der Waals surface area contributed by atoms with Gasteiger partial charge in [-0.25, -0.2) is 0 Å². The fourth-order valence-electron chi connectivity index (χ4n) is 2.35. The third-order valence-corrected chi connectivity index (χ3v) is 4.75. The number of anilines is 1. The molecule has 1 amide bonds. The molecule has 136 valence electrons. The lowest BCUT2D eigenvalue weighted by Crippen LogP contribution is -2.15. The van der Waals surface area contributed by atoms with Crippen LogP contribution in [0.3, 0.4) is 0 Å². The SMILES string of the molecule is COc1ccccc1-n1cnnc1SCC(=O)Nc1cc(Cl)ccc1C#N. The summed E-state index contributed by atoms with van der Waals surface area (Å²) >= 11 is 7.15. The van der Waals surface area contributed by atoms with Crippen molar-refractivity contribution in [1.29, 1.82) is 5.26 Å². The molecule has 7 nitrogen and oxygen atoms in total. The van der Waals surface area contributed by atoms with Crippen LogP contribution in [0, 0.1) is 11.3 Å². The molecule has 3 aromatic rings. The van der Waals surface area contributed by atoms with E-state index >= 15 is 0 Å². The molecule has 0 atom stereocenters. The fraction of sp³-hybridized carbons (Fsp3) is 0.111. The Morgan fingerprint density at radius 1 is 1.37 bits per heavy atom.